The molecule has 4 aromatic rings. The second-order valence-corrected chi connectivity index (χ2v) is 10.6. The van der Waals surface area contributed by atoms with Crippen molar-refractivity contribution in [2.45, 2.75) is 11.5 Å². The molecule has 9 heteroatoms. The van der Waals surface area contributed by atoms with E-state index in [1.807, 2.05) is 30.3 Å². The molecular weight excluding hydrogens is 532 g/mol. The van der Waals surface area contributed by atoms with Gasteiger partial charge in [0, 0.05) is 24.2 Å². The molecule has 176 valence electrons. The van der Waals surface area contributed by atoms with Gasteiger partial charge in [0.2, 0.25) is 0 Å². The maximum atomic E-state index is 13.5. The maximum Gasteiger partial charge on any atom is 0.268 e. The number of ether oxygens (including phenoxy) is 1. The van der Waals surface area contributed by atoms with Gasteiger partial charge >= 0.3 is 0 Å². The summed E-state index contributed by atoms with van der Waals surface area (Å²) in [5, 5.41) is 0.471. The van der Waals surface area contributed by atoms with Gasteiger partial charge in [0.05, 0.1) is 20.5 Å². The van der Waals surface area contributed by atoms with Crippen molar-refractivity contribution in [2.75, 3.05) is 7.05 Å². The Morgan fingerprint density at radius 1 is 0.886 bits per heavy atom. The minimum absolute atomic E-state index is 0.0803. The summed E-state index contributed by atoms with van der Waals surface area (Å²) in [6.07, 6.45) is 1.38. The Hall–Kier alpha value is -3.69. The van der Waals surface area contributed by atoms with Crippen LogP contribution in [0.25, 0.3) is 16.5 Å². The first-order valence-electron chi connectivity index (χ1n) is 10.6. The monoisotopic (exact) mass is 550 g/mol. The van der Waals surface area contributed by atoms with Crippen molar-refractivity contribution < 1.29 is 22.7 Å². The van der Waals surface area contributed by atoms with Gasteiger partial charge < -0.3 is 4.74 Å². The van der Waals surface area contributed by atoms with Crippen LogP contribution in [0.2, 0.25) is 0 Å². The van der Waals surface area contributed by atoms with E-state index in [-0.39, 0.29) is 15.0 Å². The van der Waals surface area contributed by atoms with Gasteiger partial charge in [-0.1, -0.05) is 48.5 Å². The molecule has 7 nitrogen and oxygen atoms in total. The summed E-state index contributed by atoms with van der Waals surface area (Å²) < 4.78 is 34.2. The molecule has 2 amide bonds. The topological polar surface area (TPSA) is 85.7 Å². The zero-order valence-electron chi connectivity index (χ0n) is 18.5. The normalized spacial score (nSPS) is 14.3. The van der Waals surface area contributed by atoms with E-state index in [0.717, 1.165) is 14.4 Å². The van der Waals surface area contributed by atoms with Gasteiger partial charge in [-0.05, 0) is 51.8 Å². The maximum absolute atomic E-state index is 13.5. The number of imide groups is 1. The van der Waals surface area contributed by atoms with Crippen LogP contribution < -0.4 is 4.74 Å². The quantitative estimate of drug-likeness (QED) is 0.328. The number of amides is 2. The van der Waals surface area contributed by atoms with Crippen molar-refractivity contribution in [3.8, 4) is 5.75 Å². The standard InChI is InChI=1S/C26H19BrN2O5S/c1-28-25(30)23(24(27)26(28)31)21-15-29(35(32,33)19-10-6-3-7-11-19)22-13-12-18(14-20(21)22)34-16-17-8-4-2-5-9-17/h2-15H,16H2,1H3. The molecule has 0 radical (unpaired) electrons. The number of fused-ring (bicyclic) bond motifs is 1. The van der Waals surface area contributed by atoms with E-state index in [2.05, 4.69) is 15.9 Å². The van der Waals surface area contributed by atoms with E-state index in [0.29, 0.717) is 28.8 Å². The highest BCUT2D eigenvalue weighted by atomic mass is 79.9. The molecule has 0 atom stereocenters. The summed E-state index contributed by atoms with van der Waals surface area (Å²) in [7, 11) is -2.59. The van der Waals surface area contributed by atoms with Crippen molar-refractivity contribution in [1.82, 2.24) is 8.87 Å². The van der Waals surface area contributed by atoms with Crippen LogP contribution in [0.3, 0.4) is 0 Å². The summed E-state index contributed by atoms with van der Waals surface area (Å²) in [5.74, 6) is -0.513. The minimum Gasteiger partial charge on any atom is -0.489 e. The first-order chi connectivity index (χ1) is 16.8. The van der Waals surface area contributed by atoms with Crippen molar-refractivity contribution in [2.24, 2.45) is 0 Å². The SMILES string of the molecule is CN1C(=O)C(Br)=C(c2cn(S(=O)(=O)c3ccccc3)c3ccc(OCc4ccccc4)cc23)C1=O. The Bertz CT molecular complexity index is 1610. The van der Waals surface area contributed by atoms with Crippen molar-refractivity contribution in [1.29, 1.82) is 0 Å². The van der Waals surface area contributed by atoms with Gasteiger partial charge in [0.15, 0.2) is 0 Å². The molecule has 0 aliphatic carbocycles. The lowest BCUT2D eigenvalue weighted by Gasteiger charge is -2.09. The Labute approximate surface area is 210 Å². The molecule has 1 aliphatic heterocycles. The third kappa shape index (κ3) is 3.96. The van der Waals surface area contributed by atoms with Gasteiger partial charge in [-0.2, -0.15) is 0 Å². The van der Waals surface area contributed by atoms with Crippen LogP contribution in [0.4, 0.5) is 0 Å². The average Bonchev–Trinajstić information content (AvgIpc) is 3.34. The summed E-state index contributed by atoms with van der Waals surface area (Å²) in [4.78, 5) is 26.5. The van der Waals surface area contributed by atoms with Gasteiger partial charge in [-0.3, -0.25) is 14.5 Å². The molecule has 0 saturated heterocycles. The number of rotatable bonds is 6. The number of benzene rings is 3. The summed E-state index contributed by atoms with van der Waals surface area (Å²) in [5.41, 5.74) is 1.75. The number of halogens is 1. The largest absolute Gasteiger partial charge is 0.489 e. The van der Waals surface area contributed by atoms with E-state index in [1.165, 1.54) is 25.4 Å². The van der Waals surface area contributed by atoms with Gasteiger partial charge in [0.1, 0.15) is 12.4 Å². The van der Waals surface area contributed by atoms with Crippen LogP contribution in [0.5, 0.6) is 5.75 Å². The zero-order chi connectivity index (χ0) is 24.7. The Kier molecular flexibility index (Phi) is 5.82. The lowest BCUT2D eigenvalue weighted by molar-refractivity contribution is -0.134. The lowest BCUT2D eigenvalue weighted by Crippen LogP contribution is -2.26. The molecule has 3 aromatic carbocycles. The first kappa shape index (κ1) is 23.1. The fourth-order valence-corrected chi connectivity index (χ4v) is 6.00. The molecule has 0 fully saturated rings. The van der Waals surface area contributed by atoms with Gasteiger partial charge in [-0.15, -0.1) is 0 Å². The van der Waals surface area contributed by atoms with E-state index in [9.17, 15) is 18.0 Å². The predicted molar refractivity (Wildman–Crippen MR) is 135 cm³/mol. The van der Waals surface area contributed by atoms with Crippen LogP contribution in [0.15, 0.2) is 94.4 Å². The highest BCUT2D eigenvalue weighted by Gasteiger charge is 2.37. The summed E-state index contributed by atoms with van der Waals surface area (Å²) >= 11 is 3.24. The molecule has 0 N–H and O–H groups in total. The molecule has 0 saturated carbocycles. The van der Waals surface area contributed by atoms with Crippen LogP contribution in [-0.2, 0) is 26.2 Å². The zero-order valence-corrected chi connectivity index (χ0v) is 20.9. The predicted octanol–water partition coefficient (Wildman–Crippen LogP) is 4.56. The number of likely N-dealkylation sites (N-methyl/N-ethyl adjacent to an activating group) is 1. The van der Waals surface area contributed by atoms with Gasteiger partial charge in [-0.25, -0.2) is 12.4 Å². The van der Waals surface area contributed by atoms with Crippen molar-refractivity contribution in [3.05, 3.63) is 101 Å². The van der Waals surface area contributed by atoms with Crippen molar-refractivity contribution >= 4 is 54.2 Å². The highest BCUT2D eigenvalue weighted by Crippen LogP contribution is 2.39. The van der Waals surface area contributed by atoms with E-state index in [4.69, 9.17) is 4.74 Å². The highest BCUT2D eigenvalue weighted by molar-refractivity contribution is 9.12. The van der Waals surface area contributed by atoms with E-state index in [1.54, 1.807) is 36.4 Å². The molecule has 1 aromatic heterocycles. The third-order valence-electron chi connectivity index (χ3n) is 5.79. The van der Waals surface area contributed by atoms with Crippen LogP contribution in [0, 0.1) is 0 Å². The Morgan fingerprint density at radius 2 is 1.54 bits per heavy atom. The lowest BCUT2D eigenvalue weighted by atomic mass is 10.1. The van der Waals surface area contributed by atoms with Crippen LogP contribution in [-0.4, -0.2) is 36.2 Å². The average molecular weight is 551 g/mol. The number of aromatic nitrogens is 1. The summed E-state index contributed by atoms with van der Waals surface area (Å²) in [6.45, 7) is 0.317. The molecule has 2 heterocycles. The number of hydrogen-bond donors (Lipinski definition) is 0. The first-order valence-corrected chi connectivity index (χ1v) is 12.9. The van der Waals surface area contributed by atoms with Crippen molar-refractivity contribution in [3.63, 3.8) is 0 Å². The number of carbonyl (C=O) groups is 2. The smallest absolute Gasteiger partial charge is 0.268 e. The van der Waals surface area contributed by atoms with Gasteiger partial charge in [0.25, 0.3) is 21.8 Å². The second kappa shape index (κ2) is 8.83. The Balaban J connectivity index is 1.68. The number of hydrogen-bond acceptors (Lipinski definition) is 5. The van der Waals surface area contributed by atoms with E-state index < -0.39 is 21.8 Å². The second-order valence-electron chi connectivity index (χ2n) is 7.97. The van der Waals surface area contributed by atoms with E-state index >= 15 is 0 Å². The molecule has 5 rings (SSSR count). The Morgan fingerprint density at radius 3 is 2.17 bits per heavy atom. The summed E-state index contributed by atoms with van der Waals surface area (Å²) in [6, 6.07) is 22.7. The van der Waals surface area contributed by atoms with Crippen LogP contribution >= 0.6 is 15.9 Å². The number of carbonyl (C=O) groups excluding carboxylic acids is 2. The van der Waals surface area contributed by atoms with Crippen LogP contribution in [0.1, 0.15) is 11.1 Å². The fourth-order valence-electron chi connectivity index (χ4n) is 3.96. The molecule has 1 aliphatic rings. The fraction of sp³-hybridized carbons (Fsp3) is 0.0769. The third-order valence-corrected chi connectivity index (χ3v) is 8.21. The minimum atomic E-state index is -3.98. The molecule has 0 bridgehead atoms. The molecule has 35 heavy (non-hydrogen) atoms. The molecule has 0 spiro atoms. The molecule has 0 unspecified atom stereocenters. The molecular formula is C26H19BrN2O5S. The number of nitrogens with zero attached hydrogens (tertiary/aromatic N) is 2.